The Kier molecular flexibility index (Phi) is 5.78. The molecule has 9 nitrogen and oxygen atoms in total. The largest absolute Gasteiger partial charge is 0.393 e. The van der Waals surface area contributed by atoms with E-state index in [4.69, 9.17) is 22.5 Å². The Bertz CT molecular complexity index is 507. The fourth-order valence-corrected chi connectivity index (χ4v) is 2.03. The number of rotatable bonds is 5. The molecule has 10 heteroatoms. The highest BCUT2D eigenvalue weighted by Gasteiger charge is 2.55. The number of ether oxygens (including phenoxy) is 1. The van der Waals surface area contributed by atoms with Crippen molar-refractivity contribution in [1.29, 1.82) is 0 Å². The van der Waals surface area contributed by atoms with Gasteiger partial charge in [-0.3, -0.25) is 4.79 Å². The molecule has 0 aromatic rings. The maximum atomic E-state index is 11.0. The number of carbonyl (C=O) groups is 1. The molecule has 116 valence electrons. The van der Waals surface area contributed by atoms with Crippen LogP contribution in [0.15, 0.2) is 17.4 Å². The van der Waals surface area contributed by atoms with Crippen LogP contribution in [0, 0.1) is 0 Å². The van der Waals surface area contributed by atoms with Crippen LogP contribution in [0.4, 0.5) is 0 Å². The fourth-order valence-electron chi connectivity index (χ4n) is 1.87. The van der Waals surface area contributed by atoms with E-state index < -0.39 is 30.8 Å². The summed E-state index contributed by atoms with van der Waals surface area (Å²) in [5.74, 6) is -0.257. The second kappa shape index (κ2) is 6.94. The standard InChI is InChI=1S/C11H16N4O5S/c1-6(17)3-4-15(7(2)21)10-8(18)9(19)11(5-16,20-10)13-14-12/h3-4,8-10,16,18-19H,5H2,1-2H3/b4-3-/t8-,9?,10+,11+/m0/s1. The molecule has 1 fully saturated rings. The third kappa shape index (κ3) is 3.56. The average molecular weight is 316 g/mol. The molecule has 1 unspecified atom stereocenters. The lowest BCUT2D eigenvalue weighted by Crippen LogP contribution is -2.44. The molecule has 1 saturated heterocycles. The minimum Gasteiger partial charge on any atom is -0.393 e. The van der Waals surface area contributed by atoms with Crippen LogP contribution in [-0.4, -0.2) is 61.8 Å². The molecule has 0 bridgehead atoms. The van der Waals surface area contributed by atoms with Gasteiger partial charge in [0.2, 0.25) is 5.72 Å². The smallest absolute Gasteiger partial charge is 0.200 e. The SMILES string of the molecule is CC(=O)/C=C\N(C(C)=S)[C@@H]1O[C@@](CO)(N=[N+]=[N-])C(O)[C@@H]1O. The lowest BCUT2D eigenvalue weighted by Gasteiger charge is -2.29. The van der Waals surface area contributed by atoms with E-state index in [1.54, 1.807) is 0 Å². The maximum absolute atomic E-state index is 11.0. The number of carbonyl (C=O) groups excluding carboxylic acids is 1. The molecule has 0 amide bonds. The summed E-state index contributed by atoms with van der Waals surface area (Å²) in [6.45, 7) is 2.02. The Hall–Kier alpha value is -1.55. The van der Waals surface area contributed by atoms with Gasteiger partial charge in [0.1, 0.15) is 12.2 Å². The van der Waals surface area contributed by atoms with Gasteiger partial charge in [0.05, 0.1) is 11.6 Å². The molecule has 0 aliphatic carbocycles. The Morgan fingerprint density at radius 2 is 2.19 bits per heavy atom. The molecule has 4 atom stereocenters. The molecule has 0 aromatic heterocycles. The monoisotopic (exact) mass is 316 g/mol. The topological polar surface area (TPSA) is 139 Å². The average Bonchev–Trinajstić information content (AvgIpc) is 2.65. The van der Waals surface area contributed by atoms with Gasteiger partial charge in [0.15, 0.2) is 12.0 Å². The van der Waals surface area contributed by atoms with Crippen molar-refractivity contribution in [2.75, 3.05) is 6.61 Å². The maximum Gasteiger partial charge on any atom is 0.200 e. The van der Waals surface area contributed by atoms with Crippen LogP contribution in [0.2, 0.25) is 0 Å². The van der Waals surface area contributed by atoms with Gasteiger partial charge in [0, 0.05) is 11.1 Å². The van der Waals surface area contributed by atoms with Crippen molar-refractivity contribution < 1.29 is 24.9 Å². The van der Waals surface area contributed by atoms with Crippen LogP contribution in [0.1, 0.15) is 13.8 Å². The number of thiocarbonyl (C=S) groups is 1. The molecule has 0 spiro atoms. The predicted molar refractivity (Wildman–Crippen MR) is 75.8 cm³/mol. The first kappa shape index (κ1) is 17.5. The first-order valence-corrected chi connectivity index (χ1v) is 6.38. The summed E-state index contributed by atoms with van der Waals surface area (Å²) in [6.07, 6.45) is -1.87. The van der Waals surface area contributed by atoms with Crippen molar-refractivity contribution in [3.05, 3.63) is 22.7 Å². The number of allylic oxidation sites excluding steroid dienone is 1. The van der Waals surface area contributed by atoms with E-state index in [2.05, 4.69) is 10.0 Å². The quantitative estimate of drug-likeness (QED) is 0.210. The van der Waals surface area contributed by atoms with E-state index in [1.165, 1.54) is 31.0 Å². The van der Waals surface area contributed by atoms with Gasteiger partial charge in [-0.2, -0.15) is 0 Å². The zero-order valence-electron chi connectivity index (χ0n) is 11.4. The first-order chi connectivity index (χ1) is 9.79. The minimum absolute atomic E-state index is 0.249. The number of ketones is 1. The zero-order chi connectivity index (χ0) is 16.2. The van der Waals surface area contributed by atoms with Gasteiger partial charge in [-0.15, -0.1) is 0 Å². The van der Waals surface area contributed by atoms with Crippen LogP contribution in [0.25, 0.3) is 10.4 Å². The first-order valence-electron chi connectivity index (χ1n) is 5.98. The third-order valence-electron chi connectivity index (χ3n) is 2.95. The number of hydrogen-bond acceptors (Lipinski definition) is 7. The van der Waals surface area contributed by atoms with Gasteiger partial charge in [0.25, 0.3) is 0 Å². The Labute approximate surface area is 126 Å². The number of aliphatic hydroxyl groups excluding tert-OH is 3. The number of hydrogen-bond donors (Lipinski definition) is 3. The van der Waals surface area contributed by atoms with Crippen molar-refractivity contribution in [3.63, 3.8) is 0 Å². The normalized spacial score (nSPS) is 32.0. The van der Waals surface area contributed by atoms with E-state index in [-0.39, 0.29) is 10.8 Å². The molecule has 1 rings (SSSR count). The summed E-state index contributed by atoms with van der Waals surface area (Å²) in [6, 6.07) is 0. The summed E-state index contributed by atoms with van der Waals surface area (Å²) < 4.78 is 5.32. The van der Waals surface area contributed by atoms with E-state index in [0.717, 1.165) is 0 Å². The summed E-state index contributed by atoms with van der Waals surface area (Å²) in [4.78, 5) is 15.0. The van der Waals surface area contributed by atoms with Gasteiger partial charge < -0.3 is 25.0 Å². The predicted octanol–water partition coefficient (Wildman–Crippen LogP) is -0.185. The molecular weight excluding hydrogens is 300 g/mol. The van der Waals surface area contributed by atoms with Crippen molar-refractivity contribution in [1.82, 2.24) is 4.90 Å². The number of nitrogens with zero attached hydrogens (tertiary/aromatic N) is 4. The van der Waals surface area contributed by atoms with Crippen molar-refractivity contribution in [2.45, 2.75) is 38.0 Å². The zero-order valence-corrected chi connectivity index (χ0v) is 12.3. The molecule has 0 radical (unpaired) electrons. The van der Waals surface area contributed by atoms with Gasteiger partial charge in [-0.25, -0.2) is 0 Å². The van der Waals surface area contributed by atoms with E-state index in [1.807, 2.05) is 0 Å². The third-order valence-corrected chi connectivity index (χ3v) is 3.16. The molecule has 1 heterocycles. The van der Waals surface area contributed by atoms with Crippen LogP contribution >= 0.6 is 12.2 Å². The Morgan fingerprint density at radius 1 is 1.57 bits per heavy atom. The van der Waals surface area contributed by atoms with Crippen LogP contribution in [-0.2, 0) is 9.53 Å². The number of azide groups is 1. The Morgan fingerprint density at radius 3 is 2.62 bits per heavy atom. The van der Waals surface area contributed by atoms with Gasteiger partial charge in [-0.05, 0) is 25.5 Å². The molecule has 0 aromatic carbocycles. The van der Waals surface area contributed by atoms with E-state index in [0.29, 0.717) is 0 Å². The van der Waals surface area contributed by atoms with Gasteiger partial charge in [-0.1, -0.05) is 17.3 Å². The van der Waals surface area contributed by atoms with Gasteiger partial charge >= 0.3 is 0 Å². The molecule has 1 aliphatic heterocycles. The summed E-state index contributed by atoms with van der Waals surface area (Å²) in [5, 5.41) is 32.5. The lowest BCUT2D eigenvalue weighted by atomic mass is 10.1. The minimum atomic E-state index is -2.01. The van der Waals surface area contributed by atoms with E-state index in [9.17, 15) is 20.1 Å². The highest BCUT2D eigenvalue weighted by atomic mass is 32.1. The molecule has 0 saturated carbocycles. The summed E-state index contributed by atoms with van der Waals surface area (Å²) in [7, 11) is 0. The van der Waals surface area contributed by atoms with Crippen molar-refractivity contribution in [2.24, 2.45) is 5.11 Å². The molecule has 3 N–H and O–H groups in total. The fraction of sp³-hybridized carbons (Fsp3) is 0.636. The van der Waals surface area contributed by atoms with Crippen molar-refractivity contribution in [3.8, 4) is 0 Å². The highest BCUT2D eigenvalue weighted by Crippen LogP contribution is 2.34. The molecule has 21 heavy (non-hydrogen) atoms. The number of aliphatic hydroxyl groups is 3. The lowest BCUT2D eigenvalue weighted by molar-refractivity contribution is -0.125. The highest BCUT2D eigenvalue weighted by molar-refractivity contribution is 7.80. The second-order valence-electron chi connectivity index (χ2n) is 4.49. The van der Waals surface area contributed by atoms with Crippen LogP contribution in [0.5, 0.6) is 0 Å². The molecular formula is C11H16N4O5S. The molecule has 1 aliphatic rings. The summed E-state index contributed by atoms with van der Waals surface area (Å²) >= 11 is 5.00. The van der Waals surface area contributed by atoms with Crippen LogP contribution < -0.4 is 0 Å². The summed E-state index contributed by atoms with van der Waals surface area (Å²) in [5.41, 5.74) is 6.51. The van der Waals surface area contributed by atoms with Crippen molar-refractivity contribution >= 4 is 23.0 Å². The van der Waals surface area contributed by atoms with E-state index >= 15 is 0 Å². The second-order valence-corrected chi connectivity index (χ2v) is 5.08. The Balaban J connectivity index is 3.14. The van der Waals surface area contributed by atoms with Crippen LogP contribution in [0.3, 0.4) is 0 Å².